The summed E-state index contributed by atoms with van der Waals surface area (Å²) in [5, 5.41) is 0. The fourth-order valence-corrected chi connectivity index (χ4v) is 8.93. The minimum Gasteiger partial charge on any atom is -0.303 e. The Hall–Kier alpha value is -0.460. The molecule has 0 aliphatic carbocycles. The van der Waals surface area contributed by atoms with Crippen LogP contribution in [0.4, 0.5) is 0 Å². The Labute approximate surface area is 180 Å². The standard InChI is InChI=1S/C23H42O4P2/c24-14-5-1-9-18-28(19-10-2-6-15-25)22-13-23-29(20-11-3-7-16-26)21-12-4-8-17-27/h14-17H,1-13,18-23H2. The van der Waals surface area contributed by atoms with Gasteiger partial charge < -0.3 is 19.2 Å². The highest BCUT2D eigenvalue weighted by Gasteiger charge is 2.12. The second-order valence-corrected chi connectivity index (χ2v) is 13.1. The van der Waals surface area contributed by atoms with E-state index in [2.05, 4.69) is 0 Å². The predicted molar refractivity (Wildman–Crippen MR) is 127 cm³/mol. The Morgan fingerprint density at radius 1 is 0.345 bits per heavy atom. The minimum absolute atomic E-state index is 0.0241. The lowest BCUT2D eigenvalue weighted by Gasteiger charge is -2.21. The van der Waals surface area contributed by atoms with Crippen LogP contribution in [0, 0.1) is 0 Å². The van der Waals surface area contributed by atoms with E-state index in [0.29, 0.717) is 25.7 Å². The van der Waals surface area contributed by atoms with Crippen LogP contribution >= 0.6 is 15.8 Å². The Morgan fingerprint density at radius 2 is 0.586 bits per heavy atom. The number of unbranched alkanes of at least 4 members (excludes halogenated alkanes) is 8. The minimum atomic E-state index is 0.0241. The van der Waals surface area contributed by atoms with Crippen molar-refractivity contribution in [1.29, 1.82) is 0 Å². The molecular weight excluding hydrogens is 402 g/mol. The highest BCUT2D eigenvalue weighted by Crippen LogP contribution is 2.43. The molecule has 0 rings (SSSR count). The van der Waals surface area contributed by atoms with Gasteiger partial charge in [0.2, 0.25) is 0 Å². The van der Waals surface area contributed by atoms with Crippen molar-refractivity contribution in [2.75, 3.05) is 37.0 Å². The average molecular weight is 445 g/mol. The number of aldehydes is 4. The topological polar surface area (TPSA) is 68.3 Å². The van der Waals surface area contributed by atoms with Crippen LogP contribution < -0.4 is 0 Å². The maximum atomic E-state index is 10.5. The summed E-state index contributed by atoms with van der Waals surface area (Å²) in [5.74, 6) is 0. The average Bonchev–Trinajstić information content (AvgIpc) is 2.73. The van der Waals surface area contributed by atoms with Gasteiger partial charge >= 0.3 is 0 Å². The van der Waals surface area contributed by atoms with E-state index in [1.165, 1.54) is 43.4 Å². The van der Waals surface area contributed by atoms with Gasteiger partial charge in [-0.3, -0.25) is 0 Å². The normalized spacial score (nSPS) is 11.1. The van der Waals surface area contributed by atoms with Gasteiger partial charge in [-0.2, -0.15) is 0 Å². The molecule has 168 valence electrons. The van der Waals surface area contributed by atoms with Gasteiger partial charge in [-0.05, 0) is 94.8 Å². The zero-order valence-corrected chi connectivity index (χ0v) is 20.1. The molecule has 0 heterocycles. The molecule has 0 aliphatic heterocycles. The zero-order chi connectivity index (χ0) is 21.4. The van der Waals surface area contributed by atoms with Crippen molar-refractivity contribution in [3.63, 3.8) is 0 Å². The molecule has 0 amide bonds. The maximum absolute atomic E-state index is 10.5. The molecule has 0 unspecified atom stereocenters. The summed E-state index contributed by atoms with van der Waals surface area (Å²) in [6, 6.07) is 0. The van der Waals surface area contributed by atoms with Crippen LogP contribution in [0.2, 0.25) is 0 Å². The molecule has 0 radical (unpaired) electrons. The summed E-state index contributed by atoms with van der Waals surface area (Å²) in [4.78, 5) is 42.1. The first-order valence-electron chi connectivity index (χ1n) is 11.5. The van der Waals surface area contributed by atoms with Crippen LogP contribution in [0.15, 0.2) is 0 Å². The molecule has 0 bridgehead atoms. The molecule has 0 spiro atoms. The van der Waals surface area contributed by atoms with Crippen LogP contribution in [0.25, 0.3) is 0 Å². The lowest BCUT2D eigenvalue weighted by molar-refractivity contribution is -0.108. The molecule has 0 saturated carbocycles. The van der Waals surface area contributed by atoms with Gasteiger partial charge in [0.15, 0.2) is 0 Å². The van der Waals surface area contributed by atoms with Crippen LogP contribution in [0.5, 0.6) is 0 Å². The van der Waals surface area contributed by atoms with Crippen molar-refractivity contribution in [3.05, 3.63) is 0 Å². The van der Waals surface area contributed by atoms with Crippen molar-refractivity contribution >= 4 is 41.0 Å². The molecule has 0 aromatic rings. The quantitative estimate of drug-likeness (QED) is 0.107. The lowest BCUT2D eigenvalue weighted by atomic mass is 10.3. The third-order valence-corrected chi connectivity index (χ3v) is 10.8. The van der Waals surface area contributed by atoms with E-state index in [0.717, 1.165) is 76.5 Å². The molecule has 29 heavy (non-hydrogen) atoms. The largest absolute Gasteiger partial charge is 0.303 e. The molecule has 0 N–H and O–H groups in total. The first-order chi connectivity index (χ1) is 14.3. The van der Waals surface area contributed by atoms with Crippen molar-refractivity contribution in [1.82, 2.24) is 0 Å². The number of hydrogen-bond donors (Lipinski definition) is 0. The molecule has 0 atom stereocenters. The third kappa shape index (κ3) is 20.6. The van der Waals surface area contributed by atoms with Crippen LogP contribution in [-0.4, -0.2) is 62.1 Å². The Balaban J connectivity index is 4.31. The van der Waals surface area contributed by atoms with E-state index < -0.39 is 0 Å². The van der Waals surface area contributed by atoms with Gasteiger partial charge in [0.05, 0.1) is 0 Å². The number of carbonyl (C=O) groups excluding carboxylic acids is 4. The van der Waals surface area contributed by atoms with E-state index in [1.807, 2.05) is 0 Å². The predicted octanol–water partition coefficient (Wildman–Crippen LogP) is 5.82. The first kappa shape index (κ1) is 28.5. The maximum Gasteiger partial charge on any atom is 0.119 e. The summed E-state index contributed by atoms with van der Waals surface area (Å²) >= 11 is 0. The SMILES string of the molecule is O=CCCCCP(CCCCC=O)CCCP(CCCCC=O)CCCCC=O. The Kier molecular flexibility index (Phi) is 23.4. The molecule has 0 aromatic heterocycles. The Bertz CT molecular complexity index is 336. The van der Waals surface area contributed by atoms with Crippen molar-refractivity contribution < 1.29 is 19.2 Å². The lowest BCUT2D eigenvalue weighted by Crippen LogP contribution is -2.02. The zero-order valence-electron chi connectivity index (χ0n) is 18.3. The highest BCUT2D eigenvalue weighted by atomic mass is 31.1. The van der Waals surface area contributed by atoms with Crippen molar-refractivity contribution in [3.8, 4) is 0 Å². The van der Waals surface area contributed by atoms with Gasteiger partial charge in [0.1, 0.15) is 25.1 Å². The van der Waals surface area contributed by atoms with E-state index in [-0.39, 0.29) is 15.8 Å². The monoisotopic (exact) mass is 444 g/mol. The summed E-state index contributed by atoms with van der Waals surface area (Å²) in [6.07, 6.45) is 24.5. The van der Waals surface area contributed by atoms with E-state index >= 15 is 0 Å². The smallest absolute Gasteiger partial charge is 0.119 e. The van der Waals surface area contributed by atoms with Gasteiger partial charge in [0.25, 0.3) is 0 Å². The second-order valence-electron chi connectivity index (χ2n) is 7.69. The first-order valence-corrected chi connectivity index (χ1v) is 15.3. The molecule has 4 nitrogen and oxygen atoms in total. The van der Waals surface area contributed by atoms with Crippen LogP contribution in [0.3, 0.4) is 0 Å². The van der Waals surface area contributed by atoms with E-state index in [4.69, 9.17) is 0 Å². The molecule has 0 aliphatic rings. The fraction of sp³-hybridized carbons (Fsp3) is 0.826. The van der Waals surface area contributed by atoms with Gasteiger partial charge in [-0.1, -0.05) is 0 Å². The molecule has 0 aromatic carbocycles. The molecule has 0 saturated heterocycles. The Morgan fingerprint density at radius 3 is 0.828 bits per heavy atom. The van der Waals surface area contributed by atoms with Gasteiger partial charge in [-0.25, -0.2) is 0 Å². The van der Waals surface area contributed by atoms with Crippen molar-refractivity contribution in [2.45, 2.75) is 83.5 Å². The highest BCUT2D eigenvalue weighted by molar-refractivity contribution is 7.58. The molecular formula is C23H42O4P2. The summed E-state index contributed by atoms with van der Waals surface area (Å²) < 4.78 is 0. The summed E-state index contributed by atoms with van der Waals surface area (Å²) in [5.41, 5.74) is 0. The van der Waals surface area contributed by atoms with Crippen LogP contribution in [-0.2, 0) is 19.2 Å². The van der Waals surface area contributed by atoms with Gasteiger partial charge in [-0.15, -0.1) is 15.8 Å². The second kappa shape index (κ2) is 23.8. The van der Waals surface area contributed by atoms with Gasteiger partial charge in [0, 0.05) is 25.7 Å². The number of carbonyl (C=O) groups is 4. The molecule has 0 fully saturated rings. The summed E-state index contributed by atoms with van der Waals surface area (Å²) in [6.45, 7) is 0. The van der Waals surface area contributed by atoms with Crippen LogP contribution in [0.1, 0.15) is 83.5 Å². The van der Waals surface area contributed by atoms with E-state index in [9.17, 15) is 19.2 Å². The fourth-order valence-electron chi connectivity index (χ4n) is 3.44. The summed E-state index contributed by atoms with van der Waals surface area (Å²) in [7, 11) is 0.0481. The van der Waals surface area contributed by atoms with E-state index in [1.54, 1.807) is 0 Å². The number of hydrogen-bond acceptors (Lipinski definition) is 4. The molecule has 6 heteroatoms. The third-order valence-electron chi connectivity index (χ3n) is 5.13. The van der Waals surface area contributed by atoms with Crippen molar-refractivity contribution in [2.24, 2.45) is 0 Å². The number of rotatable bonds is 24.